The zero-order chi connectivity index (χ0) is 17.2. The molecule has 3 aromatic rings. The summed E-state index contributed by atoms with van der Waals surface area (Å²) in [5, 5.41) is 19.0. The predicted molar refractivity (Wildman–Crippen MR) is 97.4 cm³/mol. The van der Waals surface area contributed by atoms with Crippen LogP contribution in [0.25, 0.3) is 11.0 Å². The van der Waals surface area contributed by atoms with Crippen LogP contribution in [0.2, 0.25) is 0 Å². The number of nitrogens with zero attached hydrogens (tertiary/aromatic N) is 4. The molecule has 1 aromatic heterocycles. The van der Waals surface area contributed by atoms with Gasteiger partial charge in [0.15, 0.2) is 0 Å². The van der Waals surface area contributed by atoms with Crippen LogP contribution >= 0.6 is 0 Å². The fraction of sp³-hybridized carbons (Fsp3) is 0.300. The van der Waals surface area contributed by atoms with E-state index in [2.05, 4.69) is 21.6 Å². The van der Waals surface area contributed by atoms with E-state index >= 15 is 0 Å². The number of hydrogen-bond acceptors (Lipinski definition) is 4. The maximum Gasteiger partial charge on any atom is 0.206 e. The number of aliphatic hydroxyl groups is 1. The van der Waals surface area contributed by atoms with Crippen molar-refractivity contribution >= 4 is 17.0 Å². The molecule has 1 N–H and O–H groups in total. The number of aliphatic hydroxyl groups excluding tert-OH is 1. The lowest BCUT2D eigenvalue weighted by Gasteiger charge is -2.31. The van der Waals surface area contributed by atoms with Crippen molar-refractivity contribution in [1.82, 2.24) is 9.55 Å². The van der Waals surface area contributed by atoms with E-state index in [0.29, 0.717) is 18.7 Å². The third-order valence-corrected chi connectivity index (χ3v) is 4.74. The Labute approximate surface area is 146 Å². The zero-order valence-electron chi connectivity index (χ0n) is 14.0. The lowest BCUT2D eigenvalue weighted by Crippen LogP contribution is -2.39. The van der Waals surface area contributed by atoms with Crippen molar-refractivity contribution in [3.63, 3.8) is 0 Å². The van der Waals surface area contributed by atoms with Gasteiger partial charge in [-0.25, -0.2) is 4.98 Å². The first-order chi connectivity index (χ1) is 12.2. The summed E-state index contributed by atoms with van der Waals surface area (Å²) in [6.45, 7) is 2.22. The predicted octanol–water partition coefficient (Wildman–Crippen LogP) is 2.92. The lowest BCUT2D eigenvalue weighted by atomic mass is 10.1. The Morgan fingerprint density at radius 1 is 1.16 bits per heavy atom. The van der Waals surface area contributed by atoms with Crippen LogP contribution in [0.5, 0.6) is 0 Å². The highest BCUT2D eigenvalue weighted by molar-refractivity contribution is 5.79. The highest BCUT2D eigenvalue weighted by Gasteiger charge is 2.23. The Morgan fingerprint density at radius 2 is 1.96 bits per heavy atom. The minimum absolute atomic E-state index is 0.295. The van der Waals surface area contributed by atoms with Gasteiger partial charge in [0.05, 0.1) is 35.3 Å². The van der Waals surface area contributed by atoms with Crippen LogP contribution < -0.4 is 4.90 Å². The molecule has 2 heterocycles. The molecule has 0 aliphatic carbocycles. The second kappa shape index (κ2) is 6.58. The van der Waals surface area contributed by atoms with Gasteiger partial charge in [-0.3, -0.25) is 0 Å². The normalized spacial score (nSPS) is 17.6. The third-order valence-electron chi connectivity index (χ3n) is 4.74. The Hall–Kier alpha value is -2.84. The molecule has 1 fully saturated rings. The van der Waals surface area contributed by atoms with Crippen molar-refractivity contribution in [3.05, 3.63) is 59.7 Å². The second-order valence-corrected chi connectivity index (χ2v) is 6.54. The highest BCUT2D eigenvalue weighted by Crippen LogP contribution is 2.26. The van der Waals surface area contributed by atoms with Crippen molar-refractivity contribution in [2.45, 2.75) is 25.5 Å². The molecule has 0 bridgehead atoms. The van der Waals surface area contributed by atoms with Gasteiger partial charge < -0.3 is 14.6 Å². The summed E-state index contributed by atoms with van der Waals surface area (Å²) >= 11 is 0. The van der Waals surface area contributed by atoms with E-state index in [1.807, 2.05) is 42.5 Å². The Morgan fingerprint density at radius 3 is 2.72 bits per heavy atom. The van der Waals surface area contributed by atoms with Gasteiger partial charge in [-0.2, -0.15) is 5.26 Å². The van der Waals surface area contributed by atoms with E-state index in [1.165, 1.54) is 0 Å². The molecular weight excluding hydrogens is 312 g/mol. The van der Waals surface area contributed by atoms with Gasteiger partial charge in [0.1, 0.15) is 0 Å². The minimum atomic E-state index is -0.295. The van der Waals surface area contributed by atoms with E-state index in [-0.39, 0.29) is 6.10 Å². The maximum absolute atomic E-state index is 10.0. The summed E-state index contributed by atoms with van der Waals surface area (Å²) in [5.41, 5.74) is 3.84. The fourth-order valence-electron chi connectivity index (χ4n) is 3.46. The molecule has 0 amide bonds. The molecule has 0 saturated carbocycles. The van der Waals surface area contributed by atoms with Gasteiger partial charge in [0, 0.05) is 13.1 Å². The number of hydrogen-bond donors (Lipinski definition) is 1. The maximum atomic E-state index is 10.0. The van der Waals surface area contributed by atoms with Crippen molar-refractivity contribution in [3.8, 4) is 6.07 Å². The van der Waals surface area contributed by atoms with Crippen molar-refractivity contribution in [2.75, 3.05) is 18.0 Å². The standard InChI is InChI=1S/C20H20N4O/c21-12-15-7-9-16(10-8-15)13-24-19-6-2-1-5-18(19)22-20(24)23-11-3-4-17(25)14-23/h1-2,5-10,17,25H,3-4,11,13-14H2/t17-/m1/s1. The van der Waals surface area contributed by atoms with Gasteiger partial charge >= 0.3 is 0 Å². The van der Waals surface area contributed by atoms with Crippen LogP contribution in [-0.2, 0) is 6.54 Å². The minimum Gasteiger partial charge on any atom is -0.391 e. The summed E-state index contributed by atoms with van der Waals surface area (Å²) in [4.78, 5) is 7.00. The largest absolute Gasteiger partial charge is 0.391 e. The molecule has 1 aliphatic heterocycles. The van der Waals surface area contributed by atoms with Gasteiger partial charge in [0.25, 0.3) is 0 Å². The zero-order valence-corrected chi connectivity index (χ0v) is 14.0. The van der Waals surface area contributed by atoms with Crippen LogP contribution in [0.15, 0.2) is 48.5 Å². The molecule has 0 unspecified atom stereocenters. The van der Waals surface area contributed by atoms with Gasteiger partial charge in [-0.1, -0.05) is 24.3 Å². The molecule has 1 aliphatic rings. The average molecular weight is 332 g/mol. The van der Waals surface area contributed by atoms with Crippen LogP contribution in [0.1, 0.15) is 24.0 Å². The van der Waals surface area contributed by atoms with E-state index < -0.39 is 0 Å². The monoisotopic (exact) mass is 332 g/mol. The molecule has 5 nitrogen and oxygen atoms in total. The number of anilines is 1. The van der Waals surface area contributed by atoms with Crippen molar-refractivity contribution in [2.24, 2.45) is 0 Å². The Balaban J connectivity index is 1.74. The molecule has 0 spiro atoms. The summed E-state index contributed by atoms with van der Waals surface area (Å²) in [6, 6.07) is 17.9. The molecule has 126 valence electrons. The average Bonchev–Trinajstić information content (AvgIpc) is 3.01. The van der Waals surface area contributed by atoms with Crippen LogP contribution in [0.4, 0.5) is 5.95 Å². The van der Waals surface area contributed by atoms with E-state index in [4.69, 9.17) is 10.2 Å². The molecule has 0 radical (unpaired) electrons. The van der Waals surface area contributed by atoms with Crippen LogP contribution in [-0.4, -0.2) is 33.9 Å². The molecule has 1 atom stereocenters. The first-order valence-electron chi connectivity index (χ1n) is 8.62. The van der Waals surface area contributed by atoms with Crippen LogP contribution in [0, 0.1) is 11.3 Å². The number of imidazole rings is 1. The lowest BCUT2D eigenvalue weighted by molar-refractivity contribution is 0.153. The summed E-state index contributed by atoms with van der Waals surface area (Å²) in [6.07, 6.45) is 1.53. The molecule has 5 heteroatoms. The van der Waals surface area contributed by atoms with E-state index in [9.17, 15) is 5.11 Å². The second-order valence-electron chi connectivity index (χ2n) is 6.54. The number of para-hydroxylation sites is 2. The number of fused-ring (bicyclic) bond motifs is 1. The molecule has 4 rings (SSSR count). The van der Waals surface area contributed by atoms with E-state index in [1.54, 1.807) is 0 Å². The Bertz CT molecular complexity index is 923. The first kappa shape index (κ1) is 15.7. The number of rotatable bonds is 3. The highest BCUT2D eigenvalue weighted by atomic mass is 16.3. The molecule has 1 saturated heterocycles. The summed E-state index contributed by atoms with van der Waals surface area (Å²) < 4.78 is 2.20. The number of β-amino-alcohol motifs (C(OH)–C–C–N with tert-alkyl or cyclic N) is 1. The third kappa shape index (κ3) is 3.09. The fourth-order valence-corrected chi connectivity index (χ4v) is 3.46. The van der Waals surface area contributed by atoms with Gasteiger partial charge in [-0.05, 0) is 42.7 Å². The Kier molecular flexibility index (Phi) is 4.12. The topological polar surface area (TPSA) is 65.1 Å². The smallest absolute Gasteiger partial charge is 0.206 e. The molecular formula is C20H20N4O. The summed E-state index contributed by atoms with van der Waals surface area (Å²) in [5.74, 6) is 0.907. The number of benzene rings is 2. The number of nitriles is 1. The summed E-state index contributed by atoms with van der Waals surface area (Å²) in [7, 11) is 0. The first-order valence-corrected chi connectivity index (χ1v) is 8.62. The number of piperidine rings is 1. The number of aromatic nitrogens is 2. The van der Waals surface area contributed by atoms with Crippen molar-refractivity contribution in [1.29, 1.82) is 5.26 Å². The molecule has 2 aromatic carbocycles. The van der Waals surface area contributed by atoms with Crippen molar-refractivity contribution < 1.29 is 5.11 Å². The quantitative estimate of drug-likeness (QED) is 0.801. The van der Waals surface area contributed by atoms with Gasteiger partial charge in [-0.15, -0.1) is 0 Å². The van der Waals surface area contributed by atoms with Gasteiger partial charge in [0.2, 0.25) is 5.95 Å². The SMILES string of the molecule is N#Cc1ccc(Cn2c(N3CCC[C@@H](O)C3)nc3ccccc32)cc1. The van der Waals surface area contributed by atoms with Crippen LogP contribution in [0.3, 0.4) is 0 Å². The molecule has 25 heavy (non-hydrogen) atoms. The van der Waals surface area contributed by atoms with E-state index in [0.717, 1.165) is 41.9 Å².